The van der Waals surface area contributed by atoms with E-state index in [1.165, 1.54) is 19.8 Å². The van der Waals surface area contributed by atoms with Crippen LogP contribution in [0.15, 0.2) is 58.3 Å². The zero-order chi connectivity index (χ0) is 19.0. The lowest BCUT2D eigenvalue weighted by atomic mass is 9.85. The fourth-order valence-electron chi connectivity index (χ4n) is 3.77. The number of fused-ring (bicyclic) bond motifs is 2. The standard InChI is InChI=1S/C21H20N2O4/c1-26-14-8-12(9-15(11-14)27-2)20(24)22-13-6-7-17-16-4-3-5-18(16)21(25)23-19(17)10-13/h6-11,17H,3-5H2,1-2H3,(H,23,25). The van der Waals surface area contributed by atoms with Crippen LogP contribution in [0, 0.1) is 5.92 Å². The van der Waals surface area contributed by atoms with E-state index in [4.69, 9.17) is 9.47 Å². The number of carbonyl (C=O) groups is 2. The van der Waals surface area contributed by atoms with Gasteiger partial charge < -0.3 is 14.8 Å². The summed E-state index contributed by atoms with van der Waals surface area (Å²) < 4.78 is 10.4. The Hall–Kier alpha value is -3.15. The van der Waals surface area contributed by atoms with Gasteiger partial charge in [-0.2, -0.15) is 0 Å². The van der Waals surface area contributed by atoms with Gasteiger partial charge in [-0.25, -0.2) is 4.99 Å². The molecule has 1 N–H and O–H groups in total. The van der Waals surface area contributed by atoms with Crippen molar-refractivity contribution >= 4 is 17.5 Å². The summed E-state index contributed by atoms with van der Waals surface area (Å²) in [5, 5.41) is 2.95. The Kier molecular flexibility index (Phi) is 4.39. The highest BCUT2D eigenvalue weighted by Crippen LogP contribution is 2.39. The summed E-state index contributed by atoms with van der Waals surface area (Å²) in [5.41, 5.74) is 3.79. The second-order valence-corrected chi connectivity index (χ2v) is 6.69. The predicted molar refractivity (Wildman–Crippen MR) is 101 cm³/mol. The Morgan fingerprint density at radius 2 is 1.89 bits per heavy atom. The SMILES string of the molecule is COc1cc(OC)cc(C(=O)N=C2C=CC3C(=C2)NC(=O)C2=C3CCC2)c1. The average Bonchev–Trinajstić information content (AvgIpc) is 3.18. The second kappa shape index (κ2) is 6.87. The molecule has 1 atom stereocenters. The van der Waals surface area contributed by atoms with Gasteiger partial charge in [0, 0.05) is 28.8 Å². The zero-order valence-corrected chi connectivity index (χ0v) is 15.2. The maximum atomic E-state index is 12.6. The molecule has 0 radical (unpaired) electrons. The number of rotatable bonds is 3. The lowest BCUT2D eigenvalue weighted by Crippen LogP contribution is -2.35. The number of benzene rings is 1. The third-order valence-electron chi connectivity index (χ3n) is 5.09. The topological polar surface area (TPSA) is 77.0 Å². The molecule has 1 aromatic carbocycles. The van der Waals surface area contributed by atoms with Gasteiger partial charge in [0.1, 0.15) is 11.5 Å². The molecule has 1 heterocycles. The van der Waals surface area contributed by atoms with E-state index in [0.717, 1.165) is 30.5 Å². The van der Waals surface area contributed by atoms with Crippen LogP contribution in [0.5, 0.6) is 11.5 Å². The van der Waals surface area contributed by atoms with Crippen LogP contribution >= 0.6 is 0 Å². The quantitative estimate of drug-likeness (QED) is 0.895. The number of hydrogen-bond donors (Lipinski definition) is 1. The van der Waals surface area contributed by atoms with Gasteiger partial charge in [-0.15, -0.1) is 0 Å². The molecule has 3 aliphatic rings. The number of methoxy groups -OCH3 is 2. The van der Waals surface area contributed by atoms with Crippen LogP contribution in [0.2, 0.25) is 0 Å². The van der Waals surface area contributed by atoms with Crippen molar-refractivity contribution in [3.8, 4) is 11.5 Å². The third-order valence-corrected chi connectivity index (χ3v) is 5.09. The van der Waals surface area contributed by atoms with Crippen LogP contribution in [-0.2, 0) is 4.79 Å². The molecule has 2 aliphatic carbocycles. The van der Waals surface area contributed by atoms with Gasteiger partial charge in [-0.05, 0) is 49.1 Å². The number of amides is 2. The molecule has 6 nitrogen and oxygen atoms in total. The van der Waals surface area contributed by atoms with E-state index in [2.05, 4.69) is 10.3 Å². The molecule has 0 saturated carbocycles. The number of nitrogens with one attached hydrogen (secondary N) is 1. The van der Waals surface area contributed by atoms with Gasteiger partial charge in [0.05, 0.1) is 19.9 Å². The van der Waals surface area contributed by atoms with Crippen molar-refractivity contribution in [2.24, 2.45) is 10.9 Å². The summed E-state index contributed by atoms with van der Waals surface area (Å²) in [6.07, 6.45) is 8.43. The Balaban J connectivity index is 1.62. The molecule has 2 amide bonds. The van der Waals surface area contributed by atoms with Crippen LogP contribution in [0.3, 0.4) is 0 Å². The largest absolute Gasteiger partial charge is 0.497 e. The fraction of sp³-hybridized carbons (Fsp3) is 0.286. The van der Waals surface area contributed by atoms with Crippen molar-refractivity contribution in [2.75, 3.05) is 14.2 Å². The minimum absolute atomic E-state index is 0.0245. The van der Waals surface area contributed by atoms with E-state index < -0.39 is 5.91 Å². The summed E-state index contributed by atoms with van der Waals surface area (Å²) >= 11 is 0. The normalized spacial score (nSPS) is 22.1. The smallest absolute Gasteiger partial charge is 0.277 e. The summed E-state index contributed by atoms with van der Waals surface area (Å²) in [6, 6.07) is 4.94. The fourth-order valence-corrected chi connectivity index (χ4v) is 3.77. The molecule has 4 rings (SSSR count). The molecular weight excluding hydrogens is 344 g/mol. The molecule has 6 heteroatoms. The minimum Gasteiger partial charge on any atom is -0.497 e. The molecule has 0 spiro atoms. The van der Waals surface area contributed by atoms with E-state index in [9.17, 15) is 9.59 Å². The summed E-state index contributed by atoms with van der Waals surface area (Å²) in [6.45, 7) is 0. The highest BCUT2D eigenvalue weighted by Gasteiger charge is 2.34. The van der Waals surface area contributed by atoms with Gasteiger partial charge in [0.2, 0.25) is 0 Å². The summed E-state index contributed by atoms with van der Waals surface area (Å²) in [5.74, 6) is 0.714. The monoisotopic (exact) mass is 364 g/mol. The van der Waals surface area contributed by atoms with Gasteiger partial charge >= 0.3 is 0 Å². The van der Waals surface area contributed by atoms with Gasteiger partial charge in [0.25, 0.3) is 11.8 Å². The van der Waals surface area contributed by atoms with Gasteiger partial charge in [-0.3, -0.25) is 9.59 Å². The predicted octanol–water partition coefficient (Wildman–Crippen LogP) is 2.97. The van der Waals surface area contributed by atoms with Crippen LogP contribution < -0.4 is 14.8 Å². The first kappa shape index (κ1) is 17.3. The molecule has 0 saturated heterocycles. The lowest BCUT2D eigenvalue weighted by Gasteiger charge is -2.28. The maximum Gasteiger partial charge on any atom is 0.277 e. The second-order valence-electron chi connectivity index (χ2n) is 6.69. The van der Waals surface area contributed by atoms with E-state index >= 15 is 0 Å². The number of aliphatic imine (C=N–C) groups is 1. The van der Waals surface area contributed by atoms with Crippen molar-refractivity contribution in [2.45, 2.75) is 19.3 Å². The van der Waals surface area contributed by atoms with E-state index in [0.29, 0.717) is 22.8 Å². The van der Waals surface area contributed by atoms with Gasteiger partial charge in [0.15, 0.2) is 0 Å². The van der Waals surface area contributed by atoms with Crippen molar-refractivity contribution < 1.29 is 19.1 Å². The molecule has 1 aromatic rings. The minimum atomic E-state index is -0.398. The first-order valence-corrected chi connectivity index (χ1v) is 8.88. The molecule has 1 aliphatic heterocycles. The molecule has 0 fully saturated rings. The molecule has 0 aromatic heterocycles. The molecule has 1 unspecified atom stereocenters. The van der Waals surface area contributed by atoms with Crippen LogP contribution in [-0.4, -0.2) is 31.7 Å². The number of allylic oxidation sites excluding steroid dienone is 3. The maximum absolute atomic E-state index is 12.6. The highest BCUT2D eigenvalue weighted by molar-refractivity contribution is 6.14. The van der Waals surface area contributed by atoms with E-state index in [-0.39, 0.29) is 11.8 Å². The zero-order valence-electron chi connectivity index (χ0n) is 15.2. The molecular formula is C21H20N2O4. The van der Waals surface area contributed by atoms with Crippen molar-refractivity contribution in [3.05, 3.63) is 58.8 Å². The average molecular weight is 364 g/mol. The molecule has 27 heavy (non-hydrogen) atoms. The number of ether oxygens (including phenoxy) is 2. The van der Waals surface area contributed by atoms with Crippen molar-refractivity contribution in [1.29, 1.82) is 0 Å². The van der Waals surface area contributed by atoms with Crippen molar-refractivity contribution in [3.63, 3.8) is 0 Å². The van der Waals surface area contributed by atoms with Crippen LogP contribution in [0.25, 0.3) is 0 Å². The van der Waals surface area contributed by atoms with Crippen molar-refractivity contribution in [1.82, 2.24) is 5.32 Å². The highest BCUT2D eigenvalue weighted by atomic mass is 16.5. The molecule has 0 bridgehead atoms. The number of hydrogen-bond acceptors (Lipinski definition) is 4. The number of carbonyl (C=O) groups excluding carboxylic acids is 2. The van der Waals surface area contributed by atoms with E-state index in [1.807, 2.05) is 12.2 Å². The first-order chi connectivity index (χ1) is 13.1. The third kappa shape index (κ3) is 3.18. The first-order valence-electron chi connectivity index (χ1n) is 8.88. The van der Waals surface area contributed by atoms with Crippen LogP contribution in [0.4, 0.5) is 0 Å². The Bertz CT molecular complexity index is 931. The van der Waals surface area contributed by atoms with E-state index in [1.54, 1.807) is 24.3 Å². The summed E-state index contributed by atoms with van der Waals surface area (Å²) in [7, 11) is 3.06. The Morgan fingerprint density at radius 1 is 1.15 bits per heavy atom. The summed E-state index contributed by atoms with van der Waals surface area (Å²) in [4.78, 5) is 29.0. The lowest BCUT2D eigenvalue weighted by molar-refractivity contribution is -0.117. The molecule has 138 valence electrons. The van der Waals surface area contributed by atoms with Gasteiger partial charge in [-0.1, -0.05) is 6.08 Å². The number of nitrogens with zero attached hydrogens (tertiary/aromatic N) is 1. The Labute approximate surface area is 157 Å². The Morgan fingerprint density at radius 3 is 2.59 bits per heavy atom. The van der Waals surface area contributed by atoms with Crippen LogP contribution in [0.1, 0.15) is 29.6 Å².